The molecule has 0 spiro atoms. The number of para-hydroxylation sites is 2. The average Bonchev–Trinajstić information content (AvgIpc) is 2.79. The third-order valence-corrected chi connectivity index (χ3v) is 3.06. The first-order chi connectivity index (χ1) is 8.84. The van der Waals surface area contributed by atoms with Gasteiger partial charge < -0.3 is 0 Å². The van der Waals surface area contributed by atoms with Gasteiger partial charge in [0.05, 0.1) is 17.2 Å². The van der Waals surface area contributed by atoms with E-state index >= 15 is 0 Å². The molecule has 4 rings (SSSR count). The Morgan fingerprint density at radius 2 is 1.89 bits per heavy atom. The summed E-state index contributed by atoms with van der Waals surface area (Å²) in [7, 11) is 1.95. The number of imidazole rings is 1. The van der Waals surface area contributed by atoms with Crippen molar-refractivity contribution in [2.75, 3.05) is 0 Å². The van der Waals surface area contributed by atoms with E-state index in [0.717, 1.165) is 33.4 Å². The molecule has 0 atom stereocenters. The van der Waals surface area contributed by atoms with Gasteiger partial charge in [-0.3, -0.25) is 9.38 Å². The molecule has 3 heterocycles. The molecule has 84 valence electrons. The van der Waals surface area contributed by atoms with Crippen LogP contribution in [-0.2, 0) is 0 Å². The SMILES string of the molecule is Bc1nc2cncnc2n2c1nc1ccccc12. The van der Waals surface area contributed by atoms with Crippen molar-refractivity contribution in [3.8, 4) is 0 Å². The monoisotopic (exact) mass is 233 g/mol. The summed E-state index contributed by atoms with van der Waals surface area (Å²) in [6, 6.07) is 8.01. The van der Waals surface area contributed by atoms with Crippen molar-refractivity contribution >= 4 is 41.3 Å². The molecule has 0 aliphatic heterocycles. The summed E-state index contributed by atoms with van der Waals surface area (Å²) in [6.45, 7) is 0. The van der Waals surface area contributed by atoms with Gasteiger partial charge in [-0.05, 0) is 12.1 Å². The first-order valence-corrected chi connectivity index (χ1v) is 5.68. The van der Waals surface area contributed by atoms with Crippen LogP contribution in [-0.4, -0.2) is 32.2 Å². The highest BCUT2D eigenvalue weighted by atomic mass is 15.1. The fourth-order valence-electron chi connectivity index (χ4n) is 2.28. The molecule has 3 aromatic heterocycles. The van der Waals surface area contributed by atoms with E-state index in [4.69, 9.17) is 0 Å². The standard InChI is InChI=1S/C12H8BN5/c13-10-12-17-7-3-1-2-4-9(7)18(12)11-8(16-10)5-14-6-15-11/h1-6H,13H2. The molecule has 0 amide bonds. The van der Waals surface area contributed by atoms with Crippen LogP contribution in [0.15, 0.2) is 36.8 Å². The van der Waals surface area contributed by atoms with Crippen LogP contribution in [0.25, 0.3) is 27.8 Å². The van der Waals surface area contributed by atoms with Crippen molar-refractivity contribution in [2.45, 2.75) is 0 Å². The molecule has 4 aromatic rings. The van der Waals surface area contributed by atoms with Crippen LogP contribution >= 0.6 is 0 Å². The maximum absolute atomic E-state index is 4.60. The molecule has 0 aliphatic carbocycles. The van der Waals surface area contributed by atoms with Gasteiger partial charge in [0.25, 0.3) is 0 Å². The van der Waals surface area contributed by atoms with Gasteiger partial charge in [0, 0.05) is 5.59 Å². The molecule has 0 bridgehead atoms. The van der Waals surface area contributed by atoms with Gasteiger partial charge >= 0.3 is 0 Å². The van der Waals surface area contributed by atoms with Gasteiger partial charge in [-0.25, -0.2) is 15.0 Å². The van der Waals surface area contributed by atoms with Gasteiger partial charge in [0.2, 0.25) is 0 Å². The average molecular weight is 233 g/mol. The van der Waals surface area contributed by atoms with E-state index in [2.05, 4.69) is 19.9 Å². The van der Waals surface area contributed by atoms with E-state index in [0.29, 0.717) is 0 Å². The number of hydrogen-bond donors (Lipinski definition) is 0. The van der Waals surface area contributed by atoms with Crippen molar-refractivity contribution < 1.29 is 0 Å². The molecule has 18 heavy (non-hydrogen) atoms. The number of nitrogens with zero attached hydrogens (tertiary/aromatic N) is 5. The van der Waals surface area contributed by atoms with Crippen LogP contribution in [0.5, 0.6) is 0 Å². The van der Waals surface area contributed by atoms with Crippen molar-refractivity contribution in [3.05, 3.63) is 36.8 Å². The Bertz CT molecular complexity index is 899. The first-order valence-electron chi connectivity index (χ1n) is 5.68. The second-order valence-corrected chi connectivity index (χ2v) is 4.19. The van der Waals surface area contributed by atoms with Gasteiger partial charge in [0.15, 0.2) is 19.1 Å². The van der Waals surface area contributed by atoms with E-state index in [1.807, 2.05) is 36.5 Å². The Labute approximate surface area is 103 Å². The van der Waals surface area contributed by atoms with Crippen molar-refractivity contribution in [1.82, 2.24) is 24.3 Å². The van der Waals surface area contributed by atoms with Crippen LogP contribution in [0.4, 0.5) is 0 Å². The molecule has 5 nitrogen and oxygen atoms in total. The van der Waals surface area contributed by atoms with Crippen LogP contribution in [0.1, 0.15) is 0 Å². The summed E-state index contributed by atoms with van der Waals surface area (Å²) in [4.78, 5) is 17.4. The lowest BCUT2D eigenvalue weighted by molar-refractivity contribution is 1.13. The number of hydrogen-bond acceptors (Lipinski definition) is 4. The van der Waals surface area contributed by atoms with E-state index in [1.54, 1.807) is 6.20 Å². The van der Waals surface area contributed by atoms with Gasteiger partial charge in [-0.15, -0.1) is 0 Å². The second kappa shape index (κ2) is 3.26. The summed E-state index contributed by atoms with van der Waals surface area (Å²) < 4.78 is 2.04. The fraction of sp³-hybridized carbons (Fsp3) is 0. The predicted molar refractivity (Wildman–Crippen MR) is 71.8 cm³/mol. The number of benzene rings is 1. The summed E-state index contributed by atoms with van der Waals surface area (Å²) in [5.41, 5.74) is 5.30. The Morgan fingerprint density at radius 3 is 2.83 bits per heavy atom. The maximum Gasteiger partial charge on any atom is 0.169 e. The molecule has 1 aromatic carbocycles. The molecule has 0 saturated carbocycles. The molecular weight excluding hydrogens is 225 g/mol. The lowest BCUT2D eigenvalue weighted by Gasteiger charge is -2.03. The minimum Gasteiger partial charge on any atom is -0.274 e. The third-order valence-electron chi connectivity index (χ3n) is 3.06. The van der Waals surface area contributed by atoms with E-state index < -0.39 is 0 Å². The Balaban J connectivity index is 2.41. The highest BCUT2D eigenvalue weighted by molar-refractivity contribution is 6.35. The van der Waals surface area contributed by atoms with Crippen LogP contribution < -0.4 is 5.59 Å². The number of fused-ring (bicyclic) bond motifs is 5. The first kappa shape index (κ1) is 9.53. The zero-order valence-corrected chi connectivity index (χ0v) is 9.70. The largest absolute Gasteiger partial charge is 0.274 e. The van der Waals surface area contributed by atoms with Gasteiger partial charge in [0.1, 0.15) is 11.8 Å². The molecule has 0 aliphatic rings. The highest BCUT2D eigenvalue weighted by Gasteiger charge is 2.11. The lowest BCUT2D eigenvalue weighted by atomic mass is 10.1. The maximum atomic E-state index is 4.60. The van der Waals surface area contributed by atoms with Gasteiger partial charge in [-0.1, -0.05) is 12.1 Å². The number of rotatable bonds is 0. The lowest BCUT2D eigenvalue weighted by Crippen LogP contribution is -2.14. The minimum atomic E-state index is 0.783. The van der Waals surface area contributed by atoms with Crippen LogP contribution in [0, 0.1) is 0 Å². The molecule has 0 N–H and O–H groups in total. The topological polar surface area (TPSA) is 56.0 Å². The molecule has 0 unspecified atom stereocenters. The fourth-order valence-corrected chi connectivity index (χ4v) is 2.28. The smallest absolute Gasteiger partial charge is 0.169 e. The van der Waals surface area contributed by atoms with Crippen molar-refractivity contribution in [1.29, 1.82) is 0 Å². The summed E-state index contributed by atoms with van der Waals surface area (Å²) in [6.07, 6.45) is 3.26. The number of aromatic nitrogens is 5. The Kier molecular flexibility index (Phi) is 1.72. The predicted octanol–water partition coefficient (Wildman–Crippen LogP) is 0.0841. The molecule has 6 heteroatoms. The zero-order valence-electron chi connectivity index (χ0n) is 9.70. The van der Waals surface area contributed by atoms with E-state index in [-0.39, 0.29) is 0 Å². The van der Waals surface area contributed by atoms with Gasteiger partial charge in [-0.2, -0.15) is 0 Å². The molecule has 0 radical (unpaired) electrons. The second-order valence-electron chi connectivity index (χ2n) is 4.19. The van der Waals surface area contributed by atoms with E-state index in [9.17, 15) is 0 Å². The highest BCUT2D eigenvalue weighted by Crippen LogP contribution is 2.18. The Hall–Kier alpha value is -2.50. The normalized spacial score (nSPS) is 11.6. The van der Waals surface area contributed by atoms with Crippen molar-refractivity contribution in [2.24, 2.45) is 0 Å². The molecular formula is C12H8BN5. The van der Waals surface area contributed by atoms with Crippen molar-refractivity contribution in [3.63, 3.8) is 0 Å². The quantitative estimate of drug-likeness (QED) is 0.404. The summed E-state index contributed by atoms with van der Waals surface area (Å²) in [5, 5.41) is 0. The van der Waals surface area contributed by atoms with Crippen LogP contribution in [0.3, 0.4) is 0 Å². The zero-order chi connectivity index (χ0) is 12.1. The van der Waals surface area contributed by atoms with Crippen LogP contribution in [0.2, 0.25) is 0 Å². The molecule has 0 fully saturated rings. The minimum absolute atomic E-state index is 0.783. The summed E-state index contributed by atoms with van der Waals surface area (Å²) in [5.74, 6) is 0. The molecule has 0 saturated heterocycles. The Morgan fingerprint density at radius 1 is 1.00 bits per heavy atom. The third kappa shape index (κ3) is 1.12. The summed E-state index contributed by atoms with van der Waals surface area (Å²) >= 11 is 0. The van der Waals surface area contributed by atoms with E-state index in [1.165, 1.54) is 6.33 Å².